The molecule has 2 N–H and O–H groups in total. The van der Waals surface area contributed by atoms with E-state index in [1.54, 1.807) is 29.2 Å². The summed E-state index contributed by atoms with van der Waals surface area (Å²) < 4.78 is 1.55. The van der Waals surface area contributed by atoms with E-state index in [2.05, 4.69) is 15.3 Å². The number of unbranched alkanes of at least 4 members (excludes halogenated alkanes) is 1. The normalized spacial score (nSPS) is 10.6. The Hall–Kier alpha value is -2.28. The summed E-state index contributed by atoms with van der Waals surface area (Å²) in [4.78, 5) is 15.1. The van der Waals surface area contributed by atoms with Crippen molar-refractivity contribution in [3.8, 4) is 11.3 Å². The van der Waals surface area contributed by atoms with E-state index in [1.165, 1.54) is 0 Å². The summed E-state index contributed by atoms with van der Waals surface area (Å²) in [6.07, 6.45) is 4.52. The van der Waals surface area contributed by atoms with Crippen LogP contribution in [0, 0.1) is 0 Å². The van der Waals surface area contributed by atoms with Crippen LogP contribution >= 0.6 is 0 Å². The number of hydrogen-bond donors (Lipinski definition) is 2. The van der Waals surface area contributed by atoms with Gasteiger partial charge in [0, 0.05) is 31.1 Å². The summed E-state index contributed by atoms with van der Waals surface area (Å²) in [6.45, 7) is 0.615. The molecule has 0 aromatic carbocycles. The Morgan fingerprint density at radius 2 is 2.00 bits per heavy atom. The van der Waals surface area contributed by atoms with Crippen molar-refractivity contribution in [3.05, 3.63) is 30.2 Å². The molecule has 0 spiro atoms. The lowest BCUT2D eigenvalue weighted by atomic mass is 10.1. The summed E-state index contributed by atoms with van der Waals surface area (Å²) >= 11 is 0. The highest BCUT2D eigenvalue weighted by molar-refractivity contribution is 5.92. The molecule has 0 fully saturated rings. The van der Waals surface area contributed by atoms with Crippen LogP contribution in [0.15, 0.2) is 24.5 Å². The average molecular weight is 262 g/mol. The van der Waals surface area contributed by atoms with Gasteiger partial charge in [0.15, 0.2) is 5.69 Å². The highest BCUT2D eigenvalue weighted by atomic mass is 16.4. The van der Waals surface area contributed by atoms with Crippen molar-refractivity contribution in [2.24, 2.45) is 0 Å². The SMILES string of the molecule is O=C(O)c1nnn(CCCCO)c1-c1ccncc1. The van der Waals surface area contributed by atoms with E-state index in [1.807, 2.05) is 0 Å². The highest BCUT2D eigenvalue weighted by Gasteiger charge is 2.20. The van der Waals surface area contributed by atoms with Crippen molar-refractivity contribution in [1.82, 2.24) is 20.0 Å². The van der Waals surface area contributed by atoms with E-state index < -0.39 is 5.97 Å². The van der Waals surface area contributed by atoms with E-state index in [9.17, 15) is 4.79 Å². The Bertz CT molecular complexity index is 553. The van der Waals surface area contributed by atoms with Gasteiger partial charge in [-0.2, -0.15) is 0 Å². The maximum absolute atomic E-state index is 11.2. The largest absolute Gasteiger partial charge is 0.476 e. The van der Waals surface area contributed by atoms with Gasteiger partial charge in [0.25, 0.3) is 0 Å². The fourth-order valence-corrected chi connectivity index (χ4v) is 1.78. The van der Waals surface area contributed by atoms with Gasteiger partial charge in [-0.1, -0.05) is 5.21 Å². The van der Waals surface area contributed by atoms with Gasteiger partial charge in [0.1, 0.15) is 5.69 Å². The molecule has 100 valence electrons. The third-order valence-electron chi connectivity index (χ3n) is 2.67. The fraction of sp³-hybridized carbons (Fsp3) is 0.333. The Morgan fingerprint density at radius 1 is 1.26 bits per heavy atom. The summed E-state index contributed by atoms with van der Waals surface area (Å²) in [7, 11) is 0. The number of carbonyl (C=O) groups is 1. The lowest BCUT2D eigenvalue weighted by Crippen LogP contribution is -2.05. The molecule has 7 nitrogen and oxygen atoms in total. The molecule has 0 atom stereocenters. The first-order chi connectivity index (χ1) is 9.24. The van der Waals surface area contributed by atoms with Gasteiger partial charge < -0.3 is 10.2 Å². The predicted octanol–water partition coefficient (Wildman–Crippen LogP) is 0.811. The summed E-state index contributed by atoms with van der Waals surface area (Å²) in [6, 6.07) is 3.43. The zero-order chi connectivity index (χ0) is 13.7. The molecule has 0 saturated heterocycles. The zero-order valence-corrected chi connectivity index (χ0v) is 10.2. The van der Waals surface area contributed by atoms with Crippen molar-refractivity contribution in [1.29, 1.82) is 0 Å². The molecule has 2 aromatic rings. The van der Waals surface area contributed by atoms with E-state index in [0.717, 1.165) is 0 Å². The van der Waals surface area contributed by atoms with Gasteiger partial charge in [-0.05, 0) is 25.0 Å². The molecular formula is C12H14N4O3. The number of aryl methyl sites for hydroxylation is 1. The van der Waals surface area contributed by atoms with Crippen LogP contribution < -0.4 is 0 Å². The number of aliphatic hydroxyl groups is 1. The third kappa shape index (κ3) is 2.94. The number of aromatic nitrogens is 4. The van der Waals surface area contributed by atoms with Crippen molar-refractivity contribution in [2.75, 3.05) is 6.61 Å². The minimum absolute atomic E-state index is 0.0739. The number of hydrogen-bond acceptors (Lipinski definition) is 5. The fourth-order valence-electron chi connectivity index (χ4n) is 1.78. The zero-order valence-electron chi connectivity index (χ0n) is 10.2. The molecule has 0 unspecified atom stereocenters. The van der Waals surface area contributed by atoms with E-state index in [4.69, 9.17) is 10.2 Å². The lowest BCUT2D eigenvalue weighted by molar-refractivity contribution is 0.0691. The van der Waals surface area contributed by atoms with Crippen LogP contribution in [-0.2, 0) is 6.54 Å². The van der Waals surface area contributed by atoms with Crippen LogP contribution in [0.5, 0.6) is 0 Å². The summed E-state index contributed by atoms with van der Waals surface area (Å²) in [5.74, 6) is -1.11. The molecule has 19 heavy (non-hydrogen) atoms. The van der Waals surface area contributed by atoms with E-state index >= 15 is 0 Å². The first-order valence-electron chi connectivity index (χ1n) is 5.92. The first-order valence-corrected chi connectivity index (χ1v) is 5.92. The van der Waals surface area contributed by atoms with Gasteiger partial charge in [0.05, 0.1) is 0 Å². The molecule has 2 heterocycles. The standard InChI is InChI=1S/C12H14N4O3/c17-8-2-1-7-16-11(9-3-5-13-6-4-9)10(12(18)19)14-15-16/h3-6,17H,1-2,7-8H2,(H,18,19). The molecule has 2 rings (SSSR count). The van der Waals surface area contributed by atoms with Crippen molar-refractivity contribution in [3.63, 3.8) is 0 Å². The molecule has 0 aliphatic heterocycles. The second-order valence-electron chi connectivity index (χ2n) is 3.98. The first kappa shape index (κ1) is 13.2. The minimum Gasteiger partial charge on any atom is -0.476 e. The minimum atomic E-state index is -1.11. The quantitative estimate of drug-likeness (QED) is 0.747. The second-order valence-corrected chi connectivity index (χ2v) is 3.98. The van der Waals surface area contributed by atoms with E-state index in [-0.39, 0.29) is 12.3 Å². The van der Waals surface area contributed by atoms with Gasteiger partial charge in [-0.15, -0.1) is 5.10 Å². The maximum Gasteiger partial charge on any atom is 0.358 e. The van der Waals surface area contributed by atoms with Crippen LogP contribution in [0.2, 0.25) is 0 Å². The van der Waals surface area contributed by atoms with Crippen LogP contribution in [0.25, 0.3) is 11.3 Å². The second kappa shape index (κ2) is 6.05. The van der Waals surface area contributed by atoms with Crippen molar-refractivity contribution < 1.29 is 15.0 Å². The number of aliphatic hydroxyl groups excluding tert-OH is 1. The monoisotopic (exact) mass is 262 g/mol. The molecule has 2 aromatic heterocycles. The van der Waals surface area contributed by atoms with Crippen molar-refractivity contribution >= 4 is 5.97 Å². The Morgan fingerprint density at radius 3 is 2.63 bits per heavy atom. The molecule has 0 aliphatic rings. The molecule has 0 aliphatic carbocycles. The van der Waals surface area contributed by atoms with Crippen molar-refractivity contribution in [2.45, 2.75) is 19.4 Å². The number of aromatic carboxylic acids is 1. The van der Waals surface area contributed by atoms with E-state index in [0.29, 0.717) is 30.6 Å². The summed E-state index contributed by atoms with van der Waals surface area (Å²) in [5.41, 5.74) is 1.10. The average Bonchev–Trinajstić information content (AvgIpc) is 2.84. The molecule has 7 heteroatoms. The smallest absolute Gasteiger partial charge is 0.358 e. The van der Waals surface area contributed by atoms with Gasteiger partial charge in [-0.3, -0.25) is 4.98 Å². The topological polar surface area (TPSA) is 101 Å². The van der Waals surface area contributed by atoms with Gasteiger partial charge in [-0.25, -0.2) is 9.48 Å². The number of carboxylic acid groups (broad SMARTS) is 1. The molecule has 0 amide bonds. The lowest BCUT2D eigenvalue weighted by Gasteiger charge is -2.06. The number of pyridine rings is 1. The van der Waals surface area contributed by atoms with Crippen LogP contribution in [0.4, 0.5) is 0 Å². The Kier molecular flexibility index (Phi) is 4.19. The third-order valence-corrected chi connectivity index (χ3v) is 2.67. The van der Waals surface area contributed by atoms with Gasteiger partial charge >= 0.3 is 5.97 Å². The Labute approximate surface area is 109 Å². The summed E-state index contributed by atoms with van der Waals surface area (Å²) in [5, 5.41) is 25.5. The Balaban J connectivity index is 2.37. The van der Waals surface area contributed by atoms with Crippen LogP contribution in [-0.4, -0.2) is 42.8 Å². The van der Waals surface area contributed by atoms with Gasteiger partial charge in [0.2, 0.25) is 0 Å². The highest BCUT2D eigenvalue weighted by Crippen LogP contribution is 2.21. The molecule has 0 radical (unpaired) electrons. The molecule has 0 saturated carbocycles. The number of carboxylic acids is 1. The molecular weight excluding hydrogens is 248 g/mol. The maximum atomic E-state index is 11.2. The number of rotatable bonds is 6. The van der Waals surface area contributed by atoms with Crippen LogP contribution in [0.1, 0.15) is 23.3 Å². The number of nitrogens with zero attached hydrogens (tertiary/aromatic N) is 4. The van der Waals surface area contributed by atoms with Crippen LogP contribution in [0.3, 0.4) is 0 Å². The molecule has 0 bridgehead atoms. The predicted molar refractivity (Wildman–Crippen MR) is 66.5 cm³/mol.